The topological polar surface area (TPSA) is 75.0 Å². The summed E-state index contributed by atoms with van der Waals surface area (Å²) in [5.41, 5.74) is 2.12. The lowest BCUT2D eigenvalue weighted by atomic mass is 10.2. The molecule has 2 fully saturated rings. The predicted octanol–water partition coefficient (Wildman–Crippen LogP) is 3.75. The third kappa shape index (κ3) is 3.71. The van der Waals surface area contributed by atoms with Gasteiger partial charge in [-0.25, -0.2) is 0 Å². The summed E-state index contributed by atoms with van der Waals surface area (Å²) in [4.78, 5) is 29.8. The van der Waals surface area contributed by atoms with Crippen LogP contribution in [0.25, 0.3) is 11.0 Å². The van der Waals surface area contributed by atoms with Gasteiger partial charge in [-0.15, -0.1) is 0 Å². The van der Waals surface area contributed by atoms with E-state index in [1.807, 2.05) is 48.5 Å². The summed E-state index contributed by atoms with van der Waals surface area (Å²) >= 11 is 0. The average Bonchev–Trinajstić information content (AvgIpc) is 3.61. The first-order valence-corrected chi connectivity index (χ1v) is 10.7. The number of fused-ring (bicyclic) bond motifs is 1. The molecule has 5 rings (SSSR count). The number of ether oxygens (including phenoxy) is 1. The molecule has 1 aliphatic heterocycles. The van der Waals surface area contributed by atoms with Gasteiger partial charge in [0, 0.05) is 37.5 Å². The van der Waals surface area contributed by atoms with Crippen LogP contribution in [0.15, 0.2) is 52.9 Å². The van der Waals surface area contributed by atoms with E-state index in [0.717, 1.165) is 29.7 Å². The first-order valence-electron chi connectivity index (χ1n) is 10.7. The maximum Gasteiger partial charge on any atom is 0.291 e. The van der Waals surface area contributed by atoms with E-state index in [1.165, 1.54) is 0 Å². The van der Waals surface area contributed by atoms with E-state index in [0.29, 0.717) is 37.4 Å². The van der Waals surface area contributed by atoms with Crippen LogP contribution < -0.4 is 15.0 Å². The van der Waals surface area contributed by atoms with E-state index in [9.17, 15) is 9.59 Å². The number of piperazine rings is 1. The molecule has 1 aliphatic carbocycles. The standard InChI is InChI=1S/C24H25N3O4/c1-30-20-9-5-3-7-18(20)26-12-14-27(15-13-26)24(29)22-21(25-23(28)16-10-11-16)17-6-2-4-8-19(17)31-22/h2-9,16H,10-15H2,1H3,(H,25,28). The number of carbonyl (C=O) groups is 2. The highest BCUT2D eigenvalue weighted by Crippen LogP contribution is 2.36. The van der Waals surface area contributed by atoms with E-state index in [4.69, 9.17) is 9.15 Å². The first-order chi connectivity index (χ1) is 15.2. The van der Waals surface area contributed by atoms with Gasteiger partial charge in [-0.2, -0.15) is 0 Å². The van der Waals surface area contributed by atoms with Crippen LogP contribution >= 0.6 is 0 Å². The minimum atomic E-state index is -0.193. The minimum Gasteiger partial charge on any atom is -0.495 e. The van der Waals surface area contributed by atoms with Crippen molar-refractivity contribution in [3.63, 3.8) is 0 Å². The zero-order valence-corrected chi connectivity index (χ0v) is 17.5. The molecule has 0 spiro atoms. The van der Waals surface area contributed by atoms with Crippen molar-refractivity contribution >= 4 is 34.2 Å². The zero-order chi connectivity index (χ0) is 21.4. The summed E-state index contributed by atoms with van der Waals surface area (Å²) in [6.07, 6.45) is 1.80. The quantitative estimate of drug-likeness (QED) is 0.682. The second-order valence-electron chi connectivity index (χ2n) is 8.02. The van der Waals surface area contributed by atoms with Crippen molar-refractivity contribution in [3.05, 3.63) is 54.3 Å². The molecular weight excluding hydrogens is 394 g/mol. The summed E-state index contributed by atoms with van der Waals surface area (Å²) < 4.78 is 11.4. The van der Waals surface area contributed by atoms with E-state index in [-0.39, 0.29) is 23.5 Å². The lowest BCUT2D eigenvalue weighted by Crippen LogP contribution is -2.49. The molecule has 1 saturated heterocycles. The number of para-hydroxylation sites is 3. The van der Waals surface area contributed by atoms with Crippen molar-refractivity contribution in [2.24, 2.45) is 5.92 Å². The summed E-state index contributed by atoms with van der Waals surface area (Å²) in [5, 5.41) is 3.71. The smallest absolute Gasteiger partial charge is 0.291 e. The first kappa shape index (κ1) is 19.5. The third-order valence-corrected chi connectivity index (χ3v) is 5.98. The number of amides is 2. The fraction of sp³-hybridized carbons (Fsp3) is 0.333. The van der Waals surface area contributed by atoms with Gasteiger partial charge in [0.1, 0.15) is 17.0 Å². The minimum absolute atomic E-state index is 0.0402. The van der Waals surface area contributed by atoms with Crippen molar-refractivity contribution in [1.82, 2.24) is 4.90 Å². The molecule has 1 saturated carbocycles. The van der Waals surface area contributed by atoms with Crippen molar-refractivity contribution in [2.45, 2.75) is 12.8 Å². The van der Waals surface area contributed by atoms with Gasteiger partial charge < -0.3 is 24.3 Å². The zero-order valence-electron chi connectivity index (χ0n) is 17.5. The number of rotatable bonds is 5. The van der Waals surface area contributed by atoms with Gasteiger partial charge in [-0.3, -0.25) is 9.59 Å². The lowest BCUT2D eigenvalue weighted by molar-refractivity contribution is -0.117. The molecule has 2 amide bonds. The number of carbonyl (C=O) groups excluding carboxylic acids is 2. The Balaban J connectivity index is 1.36. The molecule has 1 aromatic heterocycles. The molecule has 31 heavy (non-hydrogen) atoms. The second kappa shape index (κ2) is 7.98. The van der Waals surface area contributed by atoms with Gasteiger partial charge in [0.25, 0.3) is 5.91 Å². The number of hydrogen-bond donors (Lipinski definition) is 1. The number of hydrogen-bond acceptors (Lipinski definition) is 5. The van der Waals surface area contributed by atoms with Gasteiger partial charge in [0.15, 0.2) is 0 Å². The van der Waals surface area contributed by atoms with Gasteiger partial charge in [-0.05, 0) is 37.1 Å². The molecule has 7 nitrogen and oxygen atoms in total. The Bertz CT molecular complexity index is 1130. The lowest BCUT2D eigenvalue weighted by Gasteiger charge is -2.36. The molecule has 7 heteroatoms. The highest BCUT2D eigenvalue weighted by molar-refractivity contribution is 6.11. The number of anilines is 2. The molecule has 3 aromatic rings. The van der Waals surface area contributed by atoms with Crippen LogP contribution in [0.5, 0.6) is 5.75 Å². The number of nitrogens with one attached hydrogen (secondary N) is 1. The molecular formula is C24H25N3O4. The van der Waals surface area contributed by atoms with Crippen LogP contribution in [-0.2, 0) is 4.79 Å². The molecule has 0 unspecified atom stereocenters. The highest BCUT2D eigenvalue weighted by Gasteiger charge is 2.33. The van der Waals surface area contributed by atoms with Crippen LogP contribution in [0.2, 0.25) is 0 Å². The van der Waals surface area contributed by atoms with E-state index >= 15 is 0 Å². The largest absolute Gasteiger partial charge is 0.495 e. The van der Waals surface area contributed by atoms with Gasteiger partial charge in [-0.1, -0.05) is 24.3 Å². The SMILES string of the molecule is COc1ccccc1N1CCN(C(=O)c2oc3ccccc3c2NC(=O)C2CC2)CC1. The number of benzene rings is 2. The van der Waals surface area contributed by atoms with Crippen LogP contribution in [0.1, 0.15) is 23.4 Å². The summed E-state index contributed by atoms with van der Waals surface area (Å²) in [5.74, 6) is 0.843. The van der Waals surface area contributed by atoms with Gasteiger partial charge in [0.05, 0.1) is 12.8 Å². The monoisotopic (exact) mass is 419 g/mol. The third-order valence-electron chi connectivity index (χ3n) is 5.98. The number of furan rings is 1. The Morgan fingerprint density at radius 3 is 2.45 bits per heavy atom. The molecule has 1 N–H and O–H groups in total. The predicted molar refractivity (Wildman–Crippen MR) is 119 cm³/mol. The van der Waals surface area contributed by atoms with Crippen LogP contribution in [0.3, 0.4) is 0 Å². The molecule has 0 radical (unpaired) electrons. The Hall–Kier alpha value is -3.48. The van der Waals surface area contributed by atoms with Gasteiger partial charge in [0.2, 0.25) is 11.7 Å². The van der Waals surface area contributed by atoms with Crippen LogP contribution in [0, 0.1) is 5.92 Å². The van der Waals surface area contributed by atoms with Crippen molar-refractivity contribution in [3.8, 4) is 5.75 Å². The van der Waals surface area contributed by atoms with Crippen molar-refractivity contribution < 1.29 is 18.7 Å². The van der Waals surface area contributed by atoms with E-state index in [1.54, 1.807) is 12.0 Å². The maximum absolute atomic E-state index is 13.4. The normalized spacial score (nSPS) is 16.4. The fourth-order valence-electron chi connectivity index (χ4n) is 4.08. The molecule has 160 valence electrons. The van der Waals surface area contributed by atoms with Crippen LogP contribution in [0.4, 0.5) is 11.4 Å². The highest BCUT2D eigenvalue weighted by atomic mass is 16.5. The summed E-state index contributed by atoms with van der Waals surface area (Å²) in [7, 11) is 1.66. The Labute approximate surface area is 180 Å². The maximum atomic E-state index is 13.4. The van der Waals surface area contributed by atoms with Crippen molar-refractivity contribution in [2.75, 3.05) is 43.5 Å². The fourth-order valence-corrected chi connectivity index (χ4v) is 4.08. The van der Waals surface area contributed by atoms with Gasteiger partial charge >= 0.3 is 0 Å². The molecule has 2 heterocycles. The van der Waals surface area contributed by atoms with Crippen LogP contribution in [-0.4, -0.2) is 50.0 Å². The molecule has 2 aliphatic rings. The van der Waals surface area contributed by atoms with Crippen molar-refractivity contribution in [1.29, 1.82) is 0 Å². The summed E-state index contributed by atoms with van der Waals surface area (Å²) in [6, 6.07) is 15.3. The molecule has 0 atom stereocenters. The Morgan fingerprint density at radius 1 is 1.00 bits per heavy atom. The molecule has 2 aromatic carbocycles. The molecule has 0 bridgehead atoms. The second-order valence-corrected chi connectivity index (χ2v) is 8.02. The van der Waals surface area contributed by atoms with E-state index < -0.39 is 0 Å². The number of methoxy groups -OCH3 is 1. The van der Waals surface area contributed by atoms with E-state index in [2.05, 4.69) is 10.2 Å². The summed E-state index contributed by atoms with van der Waals surface area (Å²) in [6.45, 7) is 2.50. The Morgan fingerprint density at radius 2 is 1.71 bits per heavy atom. The Kier molecular flexibility index (Phi) is 5.02. The number of nitrogens with zero attached hydrogens (tertiary/aromatic N) is 2. The average molecular weight is 419 g/mol.